The predicted molar refractivity (Wildman–Crippen MR) is 110 cm³/mol. The molecule has 4 aliphatic carbocycles. The molecule has 6 atom stereocenters. The summed E-state index contributed by atoms with van der Waals surface area (Å²) in [6.45, 7) is 2.50. The standard InChI is InChI=1S/C24H28N2O3/c1-14-6-5-7-15(12-14)25-20(27)8-3-2-4-11-26-23(28)21-16-9-10-17(19-13-18(16)19)22(21)24(26)29/h5-7,9-10,12,16-19,21-22H,2-4,8,11,13H2,1H3,(H,25,27). The number of nitrogens with one attached hydrogen (secondary N) is 1. The molecule has 2 saturated carbocycles. The van der Waals surface area contributed by atoms with Gasteiger partial charge in [-0.2, -0.15) is 0 Å². The van der Waals surface area contributed by atoms with E-state index in [2.05, 4.69) is 17.5 Å². The van der Waals surface area contributed by atoms with Crippen molar-refractivity contribution in [3.05, 3.63) is 42.0 Å². The number of aryl methyl sites for hydroxylation is 1. The number of hydrogen-bond donors (Lipinski definition) is 1. The first-order valence-corrected chi connectivity index (χ1v) is 10.9. The zero-order valence-corrected chi connectivity index (χ0v) is 16.8. The monoisotopic (exact) mass is 392 g/mol. The highest BCUT2D eigenvalue weighted by molar-refractivity contribution is 6.06. The molecule has 5 heteroatoms. The van der Waals surface area contributed by atoms with Crippen LogP contribution < -0.4 is 5.32 Å². The fraction of sp³-hybridized carbons (Fsp3) is 0.542. The first-order valence-electron chi connectivity index (χ1n) is 10.9. The predicted octanol–water partition coefficient (Wildman–Crippen LogP) is 3.55. The lowest BCUT2D eigenvalue weighted by Gasteiger charge is -2.37. The topological polar surface area (TPSA) is 66.5 Å². The van der Waals surface area contributed by atoms with Crippen LogP contribution >= 0.6 is 0 Å². The summed E-state index contributed by atoms with van der Waals surface area (Å²) in [7, 11) is 0. The van der Waals surface area contributed by atoms with E-state index in [4.69, 9.17) is 0 Å². The van der Waals surface area contributed by atoms with E-state index in [1.54, 1.807) is 0 Å². The highest BCUT2D eigenvalue weighted by Crippen LogP contribution is 2.65. The van der Waals surface area contributed by atoms with E-state index in [-0.39, 0.29) is 29.6 Å². The Balaban J connectivity index is 1.08. The molecule has 29 heavy (non-hydrogen) atoms. The van der Waals surface area contributed by atoms with Crippen LogP contribution in [0.25, 0.3) is 0 Å². The Kier molecular flexibility index (Phi) is 4.56. The summed E-state index contributed by atoms with van der Waals surface area (Å²) in [5.74, 6) is 1.82. The number of imide groups is 1. The number of likely N-dealkylation sites (tertiary alicyclic amines) is 1. The number of allylic oxidation sites excluding steroid dienone is 2. The van der Waals surface area contributed by atoms with Crippen LogP contribution in [-0.4, -0.2) is 29.2 Å². The van der Waals surface area contributed by atoms with Gasteiger partial charge >= 0.3 is 0 Å². The molecule has 0 aromatic heterocycles. The molecule has 1 aromatic rings. The first-order chi connectivity index (χ1) is 14.0. The van der Waals surface area contributed by atoms with Gasteiger partial charge in [0.15, 0.2) is 0 Å². The summed E-state index contributed by atoms with van der Waals surface area (Å²) in [6.07, 6.45) is 8.44. The van der Waals surface area contributed by atoms with Gasteiger partial charge in [0.25, 0.3) is 0 Å². The quantitative estimate of drug-likeness (QED) is 0.438. The van der Waals surface area contributed by atoms with Crippen molar-refractivity contribution in [2.45, 2.75) is 39.0 Å². The van der Waals surface area contributed by atoms with Gasteiger partial charge in [0.05, 0.1) is 11.8 Å². The van der Waals surface area contributed by atoms with E-state index in [1.165, 1.54) is 11.3 Å². The van der Waals surface area contributed by atoms with E-state index in [0.29, 0.717) is 36.6 Å². The van der Waals surface area contributed by atoms with Gasteiger partial charge in [0, 0.05) is 18.7 Å². The number of unbranched alkanes of at least 4 members (excludes halogenated alkanes) is 2. The second-order valence-corrected chi connectivity index (χ2v) is 9.21. The molecule has 0 spiro atoms. The number of benzene rings is 1. The van der Waals surface area contributed by atoms with Gasteiger partial charge in [-0.25, -0.2) is 0 Å². The average molecular weight is 392 g/mol. The van der Waals surface area contributed by atoms with Crippen molar-refractivity contribution in [3.8, 4) is 0 Å². The Morgan fingerprint density at radius 3 is 2.38 bits per heavy atom. The SMILES string of the molecule is Cc1cccc(NC(=O)CCCCCN2C(=O)C3C4C=CC(C5CC45)C3C2=O)c1. The summed E-state index contributed by atoms with van der Waals surface area (Å²) in [5.41, 5.74) is 1.94. The molecule has 1 aliphatic heterocycles. The van der Waals surface area contributed by atoms with E-state index in [1.807, 2.05) is 31.2 Å². The maximum atomic E-state index is 12.9. The van der Waals surface area contributed by atoms with Crippen LogP contribution in [0.4, 0.5) is 5.69 Å². The Bertz CT molecular complexity index is 856. The highest BCUT2D eigenvalue weighted by Gasteiger charge is 2.66. The third-order valence-electron chi connectivity index (χ3n) is 7.34. The third-order valence-corrected chi connectivity index (χ3v) is 7.34. The van der Waals surface area contributed by atoms with Crippen molar-refractivity contribution >= 4 is 23.4 Å². The third kappa shape index (κ3) is 3.21. The van der Waals surface area contributed by atoms with E-state index < -0.39 is 0 Å². The summed E-state index contributed by atoms with van der Waals surface area (Å²) < 4.78 is 0. The zero-order valence-electron chi connectivity index (χ0n) is 16.8. The van der Waals surface area contributed by atoms with Crippen LogP contribution in [0.2, 0.25) is 0 Å². The van der Waals surface area contributed by atoms with Crippen molar-refractivity contribution in [1.82, 2.24) is 4.90 Å². The summed E-state index contributed by atoms with van der Waals surface area (Å²) in [6, 6.07) is 7.77. The fourth-order valence-corrected chi connectivity index (χ4v) is 5.92. The summed E-state index contributed by atoms with van der Waals surface area (Å²) >= 11 is 0. The Hall–Kier alpha value is -2.43. The molecule has 1 N–H and O–H groups in total. The van der Waals surface area contributed by atoms with Crippen LogP contribution in [0.1, 0.15) is 37.7 Å². The lowest BCUT2D eigenvalue weighted by atomic mass is 9.63. The number of nitrogens with zero attached hydrogens (tertiary/aromatic N) is 1. The van der Waals surface area contributed by atoms with Crippen molar-refractivity contribution < 1.29 is 14.4 Å². The van der Waals surface area contributed by atoms with Gasteiger partial charge in [0.2, 0.25) is 17.7 Å². The molecule has 3 amide bonds. The van der Waals surface area contributed by atoms with Gasteiger partial charge in [-0.3, -0.25) is 19.3 Å². The van der Waals surface area contributed by atoms with Crippen molar-refractivity contribution in [1.29, 1.82) is 0 Å². The molecule has 152 valence electrons. The molecule has 6 unspecified atom stereocenters. The Labute approximate surface area is 171 Å². The van der Waals surface area contributed by atoms with E-state index in [0.717, 1.165) is 30.5 Å². The summed E-state index contributed by atoms with van der Waals surface area (Å²) in [5, 5.41) is 2.92. The number of carbonyl (C=O) groups is 3. The molecule has 0 radical (unpaired) electrons. The van der Waals surface area contributed by atoms with E-state index in [9.17, 15) is 14.4 Å². The smallest absolute Gasteiger partial charge is 0.233 e. The van der Waals surface area contributed by atoms with Gasteiger partial charge in [0.1, 0.15) is 0 Å². The minimum atomic E-state index is -0.0960. The average Bonchev–Trinajstić information content (AvgIpc) is 3.48. The first kappa shape index (κ1) is 18.6. The molecular formula is C24H28N2O3. The van der Waals surface area contributed by atoms with Gasteiger partial charge in [-0.15, -0.1) is 0 Å². The lowest BCUT2D eigenvalue weighted by molar-refractivity contribution is -0.140. The molecule has 5 nitrogen and oxygen atoms in total. The highest BCUT2D eigenvalue weighted by atomic mass is 16.2. The molecule has 5 aliphatic rings. The molecule has 1 heterocycles. The minimum Gasteiger partial charge on any atom is -0.326 e. The van der Waals surface area contributed by atoms with E-state index >= 15 is 0 Å². The molecular weight excluding hydrogens is 364 g/mol. The molecule has 1 saturated heterocycles. The normalized spacial score (nSPS) is 33.6. The molecule has 2 bridgehead atoms. The number of rotatable bonds is 7. The van der Waals surface area contributed by atoms with Crippen LogP contribution in [0, 0.1) is 42.4 Å². The van der Waals surface area contributed by atoms with Crippen LogP contribution in [0.15, 0.2) is 36.4 Å². The Morgan fingerprint density at radius 1 is 1.03 bits per heavy atom. The van der Waals surface area contributed by atoms with Crippen LogP contribution in [0.5, 0.6) is 0 Å². The molecule has 3 fully saturated rings. The number of anilines is 1. The summed E-state index contributed by atoms with van der Waals surface area (Å²) in [4.78, 5) is 39.5. The number of carbonyl (C=O) groups excluding carboxylic acids is 3. The van der Waals surface area contributed by atoms with Crippen molar-refractivity contribution in [3.63, 3.8) is 0 Å². The minimum absolute atomic E-state index is 0.0109. The lowest BCUT2D eigenvalue weighted by Crippen LogP contribution is -2.40. The van der Waals surface area contributed by atoms with Crippen LogP contribution in [-0.2, 0) is 14.4 Å². The maximum Gasteiger partial charge on any atom is 0.233 e. The van der Waals surface area contributed by atoms with Crippen molar-refractivity contribution in [2.24, 2.45) is 35.5 Å². The van der Waals surface area contributed by atoms with Gasteiger partial charge in [-0.1, -0.05) is 30.7 Å². The van der Waals surface area contributed by atoms with Crippen LogP contribution in [0.3, 0.4) is 0 Å². The Morgan fingerprint density at radius 2 is 1.72 bits per heavy atom. The second-order valence-electron chi connectivity index (χ2n) is 9.21. The number of amides is 3. The zero-order chi connectivity index (χ0) is 20.1. The molecule has 6 rings (SSSR count). The fourth-order valence-electron chi connectivity index (χ4n) is 5.92. The second kappa shape index (κ2) is 7.12. The maximum absolute atomic E-state index is 12.9. The van der Waals surface area contributed by atoms with Gasteiger partial charge < -0.3 is 5.32 Å². The van der Waals surface area contributed by atoms with Crippen molar-refractivity contribution in [2.75, 3.05) is 11.9 Å². The number of hydrogen-bond acceptors (Lipinski definition) is 3. The largest absolute Gasteiger partial charge is 0.326 e. The molecule has 1 aromatic carbocycles. The van der Waals surface area contributed by atoms with Gasteiger partial charge in [-0.05, 0) is 67.6 Å².